The van der Waals surface area contributed by atoms with E-state index in [0.29, 0.717) is 18.9 Å². The Hall–Kier alpha value is -3.32. The topological polar surface area (TPSA) is 73.9 Å². The number of carbonyl (C=O) groups is 1. The molecule has 2 aromatic heterocycles. The zero-order valence-corrected chi connectivity index (χ0v) is 19.2. The van der Waals surface area contributed by atoms with Crippen LogP contribution < -0.4 is 10.2 Å². The first-order valence-electron chi connectivity index (χ1n) is 11.4. The highest BCUT2D eigenvalue weighted by Gasteiger charge is 2.24. The number of anilines is 2. The van der Waals surface area contributed by atoms with Gasteiger partial charge in [0.05, 0.1) is 11.9 Å². The van der Waals surface area contributed by atoms with Crippen molar-refractivity contribution < 1.29 is 4.79 Å². The van der Waals surface area contributed by atoms with E-state index in [0.717, 1.165) is 53.4 Å². The number of benzene rings is 2. The summed E-state index contributed by atoms with van der Waals surface area (Å²) in [5.74, 6) is 1.55. The number of rotatable bonds is 8. The molecule has 0 saturated carbocycles. The van der Waals surface area contributed by atoms with Gasteiger partial charge < -0.3 is 15.2 Å². The minimum atomic E-state index is 0.246. The highest BCUT2D eigenvalue weighted by Crippen LogP contribution is 2.33. The van der Waals surface area contributed by atoms with Crippen LogP contribution >= 0.6 is 11.8 Å². The van der Waals surface area contributed by atoms with Gasteiger partial charge in [-0.15, -0.1) is 0 Å². The van der Waals surface area contributed by atoms with Gasteiger partial charge in [-0.25, -0.2) is 9.97 Å². The lowest BCUT2D eigenvalue weighted by molar-refractivity contribution is -0.118. The Balaban J connectivity index is 1.18. The number of carbonyl (C=O) groups excluding carboxylic acids is 1. The molecule has 0 spiro atoms. The summed E-state index contributed by atoms with van der Waals surface area (Å²) in [5.41, 5.74) is 1.86. The van der Waals surface area contributed by atoms with Crippen molar-refractivity contribution in [3.63, 3.8) is 0 Å². The lowest BCUT2D eigenvalue weighted by atomic mass is 9.92. The molecule has 3 heterocycles. The molecule has 168 valence electrons. The molecule has 0 aliphatic carbocycles. The van der Waals surface area contributed by atoms with E-state index in [2.05, 4.69) is 43.4 Å². The van der Waals surface area contributed by atoms with Crippen LogP contribution in [-0.4, -0.2) is 40.4 Å². The maximum absolute atomic E-state index is 12.8. The Morgan fingerprint density at radius 2 is 1.94 bits per heavy atom. The Labute approximate surface area is 197 Å². The maximum Gasteiger partial charge on any atom is 0.152 e. The zero-order chi connectivity index (χ0) is 22.5. The zero-order valence-electron chi connectivity index (χ0n) is 18.4. The third kappa shape index (κ3) is 5.20. The quantitative estimate of drug-likeness (QED) is 0.369. The van der Waals surface area contributed by atoms with Gasteiger partial charge in [-0.2, -0.15) is 0 Å². The lowest BCUT2D eigenvalue weighted by Gasteiger charge is -2.33. The number of hydrogen-bond donors (Lipinski definition) is 2. The second kappa shape index (κ2) is 10.1. The third-order valence-electron chi connectivity index (χ3n) is 6.00. The number of aromatic amines is 1. The van der Waals surface area contributed by atoms with Crippen LogP contribution in [-0.2, 0) is 4.79 Å². The van der Waals surface area contributed by atoms with Gasteiger partial charge in [0.25, 0.3) is 0 Å². The van der Waals surface area contributed by atoms with E-state index in [1.165, 1.54) is 4.90 Å². The number of para-hydroxylation sites is 1. The number of ketones is 1. The molecule has 0 bridgehead atoms. The van der Waals surface area contributed by atoms with E-state index in [4.69, 9.17) is 0 Å². The van der Waals surface area contributed by atoms with Crippen molar-refractivity contribution in [1.29, 1.82) is 0 Å². The molecule has 0 unspecified atom stereocenters. The number of hydrogen-bond acceptors (Lipinski definition) is 6. The average molecular weight is 458 g/mol. The van der Waals surface area contributed by atoms with Crippen molar-refractivity contribution >= 4 is 40.1 Å². The Morgan fingerprint density at radius 3 is 2.85 bits per heavy atom. The minimum Gasteiger partial charge on any atom is -0.377 e. The monoisotopic (exact) mass is 457 g/mol. The number of nitrogens with zero attached hydrogens (tertiary/aromatic N) is 3. The number of Topliss-reactive ketones (excluding diaryl/α,β-unsaturated/α-hetero) is 1. The van der Waals surface area contributed by atoms with Crippen LogP contribution in [0.25, 0.3) is 11.0 Å². The molecular weight excluding hydrogens is 430 g/mol. The maximum atomic E-state index is 12.8. The van der Waals surface area contributed by atoms with Gasteiger partial charge in [-0.3, -0.25) is 4.79 Å². The minimum absolute atomic E-state index is 0.246. The molecule has 4 aromatic rings. The Morgan fingerprint density at radius 1 is 1.09 bits per heavy atom. The molecule has 2 N–H and O–H groups in total. The fourth-order valence-corrected chi connectivity index (χ4v) is 5.38. The van der Waals surface area contributed by atoms with Crippen LogP contribution in [0.5, 0.6) is 0 Å². The molecular formula is C26H27N5OS. The average Bonchev–Trinajstić information content (AvgIpc) is 3.33. The molecule has 5 rings (SSSR count). The van der Waals surface area contributed by atoms with Crippen molar-refractivity contribution in [2.45, 2.75) is 29.1 Å². The highest BCUT2D eigenvalue weighted by atomic mass is 32.2. The van der Waals surface area contributed by atoms with Gasteiger partial charge >= 0.3 is 0 Å². The second-order valence-corrected chi connectivity index (χ2v) is 9.51. The number of nitrogens with one attached hydrogen (secondary N) is 2. The summed E-state index contributed by atoms with van der Waals surface area (Å²) in [6.07, 6.45) is 6.23. The summed E-state index contributed by atoms with van der Waals surface area (Å²) in [7, 11) is 0. The van der Waals surface area contributed by atoms with Gasteiger partial charge in [-0.1, -0.05) is 42.1 Å². The number of fused-ring (bicyclic) bond motifs is 1. The van der Waals surface area contributed by atoms with Crippen LogP contribution in [0.4, 0.5) is 11.5 Å². The standard InChI is InChI=1S/C26H27N5OS/c32-20(16-28-23-10-4-5-11-24(23)33-21-8-2-1-3-9-21)15-19-7-6-14-31(17-19)26-22-12-13-27-25(22)29-18-30-26/h1-5,8-13,18-19,28H,6-7,14-17H2,(H,27,29,30)/t19-/m0/s1. The van der Waals surface area contributed by atoms with Gasteiger partial charge in [0.1, 0.15) is 17.8 Å². The van der Waals surface area contributed by atoms with Gasteiger partial charge in [0.2, 0.25) is 0 Å². The molecule has 1 atom stereocenters. The van der Waals surface area contributed by atoms with Crippen molar-refractivity contribution in [1.82, 2.24) is 15.0 Å². The summed E-state index contributed by atoms with van der Waals surface area (Å²) >= 11 is 1.71. The van der Waals surface area contributed by atoms with Crippen LogP contribution in [0.1, 0.15) is 19.3 Å². The van der Waals surface area contributed by atoms with Gasteiger partial charge in [-0.05, 0) is 49.1 Å². The SMILES string of the molecule is O=C(CNc1ccccc1Sc1ccccc1)C[C@@H]1CCCN(c2ncnc3[nH]ccc23)C1. The fourth-order valence-electron chi connectivity index (χ4n) is 4.44. The molecule has 33 heavy (non-hydrogen) atoms. The van der Waals surface area contributed by atoms with Crippen molar-refractivity contribution in [2.24, 2.45) is 5.92 Å². The van der Waals surface area contributed by atoms with Crippen molar-refractivity contribution in [3.8, 4) is 0 Å². The Bertz CT molecular complexity index is 1230. The summed E-state index contributed by atoms with van der Waals surface area (Å²) in [6.45, 7) is 2.16. The van der Waals surface area contributed by atoms with E-state index in [9.17, 15) is 4.79 Å². The first kappa shape index (κ1) is 21.5. The molecule has 1 aliphatic rings. The van der Waals surface area contributed by atoms with E-state index >= 15 is 0 Å². The van der Waals surface area contributed by atoms with Gasteiger partial charge in [0, 0.05) is 41.2 Å². The number of H-pyrrole nitrogens is 1. The van der Waals surface area contributed by atoms with Crippen LogP contribution in [0.15, 0.2) is 83.0 Å². The summed E-state index contributed by atoms with van der Waals surface area (Å²) in [5, 5.41) is 4.42. The highest BCUT2D eigenvalue weighted by molar-refractivity contribution is 7.99. The second-order valence-electron chi connectivity index (χ2n) is 8.40. The molecule has 0 amide bonds. The summed E-state index contributed by atoms with van der Waals surface area (Å²) in [6, 6.07) is 20.5. The number of aromatic nitrogens is 3. The number of piperidine rings is 1. The normalized spacial score (nSPS) is 16.1. The largest absolute Gasteiger partial charge is 0.377 e. The predicted molar refractivity (Wildman–Crippen MR) is 134 cm³/mol. The third-order valence-corrected chi connectivity index (χ3v) is 7.09. The van der Waals surface area contributed by atoms with Crippen molar-refractivity contribution in [3.05, 3.63) is 73.2 Å². The predicted octanol–water partition coefficient (Wildman–Crippen LogP) is 5.40. The van der Waals surface area contributed by atoms with Crippen molar-refractivity contribution in [2.75, 3.05) is 29.9 Å². The van der Waals surface area contributed by atoms with Crippen LogP contribution in [0, 0.1) is 5.92 Å². The molecule has 6 nitrogen and oxygen atoms in total. The van der Waals surface area contributed by atoms with Gasteiger partial charge in [0.15, 0.2) is 5.78 Å². The summed E-state index contributed by atoms with van der Waals surface area (Å²) in [4.78, 5) is 29.4. The smallest absolute Gasteiger partial charge is 0.152 e. The van der Waals surface area contributed by atoms with E-state index in [1.807, 2.05) is 48.7 Å². The first-order valence-corrected chi connectivity index (χ1v) is 12.2. The summed E-state index contributed by atoms with van der Waals surface area (Å²) < 4.78 is 0. The lowest BCUT2D eigenvalue weighted by Crippen LogP contribution is -2.37. The molecule has 7 heteroatoms. The fraction of sp³-hybridized carbons (Fsp3) is 0.269. The van der Waals surface area contributed by atoms with E-state index in [-0.39, 0.29) is 5.78 Å². The van der Waals surface area contributed by atoms with E-state index in [1.54, 1.807) is 18.1 Å². The molecule has 1 aliphatic heterocycles. The first-order chi connectivity index (χ1) is 16.3. The molecule has 0 radical (unpaired) electrons. The van der Waals surface area contributed by atoms with Crippen LogP contribution in [0.3, 0.4) is 0 Å². The van der Waals surface area contributed by atoms with E-state index < -0.39 is 0 Å². The molecule has 2 aromatic carbocycles. The Kier molecular flexibility index (Phi) is 6.58. The molecule has 1 saturated heterocycles. The van der Waals surface area contributed by atoms with Crippen LogP contribution in [0.2, 0.25) is 0 Å². The molecule has 1 fully saturated rings.